The van der Waals surface area contributed by atoms with Crippen LogP contribution in [0, 0.1) is 17.3 Å². The molecule has 2 aliphatic carbocycles. The summed E-state index contributed by atoms with van der Waals surface area (Å²) in [6.45, 7) is 4.32. The Morgan fingerprint density at radius 2 is 1.85 bits per heavy atom. The first-order valence-corrected chi connectivity index (χ1v) is 8.92. The Balaban J connectivity index is 2.23. The number of allylic oxidation sites excluding steroid dienone is 3. The lowest BCUT2D eigenvalue weighted by Gasteiger charge is -2.40. The highest BCUT2D eigenvalue weighted by atomic mass is 19.4. The molecular weight excluding hydrogens is 374 g/mol. The van der Waals surface area contributed by atoms with Gasteiger partial charge in [0.1, 0.15) is 5.78 Å². The average Bonchev–Trinajstić information content (AvgIpc) is 2.87. The molecule has 3 atom stereocenters. The molecule has 2 rings (SSSR count). The lowest BCUT2D eigenvalue weighted by atomic mass is 9.63. The average molecular weight is 398 g/mol. The maximum Gasteiger partial charge on any atom is 0.430 e. The molecule has 2 nitrogen and oxygen atoms in total. The predicted octanol–water partition coefficient (Wildman–Crippen LogP) is 5.52. The van der Waals surface area contributed by atoms with E-state index in [1.807, 2.05) is 13.0 Å². The molecule has 0 amide bonds. The summed E-state index contributed by atoms with van der Waals surface area (Å²) in [7, 11) is 0. The standard InChI is InChI=1S/C19H24F6O2/c1-11(13-8-9-14-15(26)5-4-10-16(13,14)3)6-7-12(2)17(27,18(20,21)22)19(23,24)25/h7-8,11,14,27H,4-6,9-10H2,1-3H3/b12-7-/t11-,14?,16-/m1/s1. The van der Waals surface area contributed by atoms with E-state index >= 15 is 0 Å². The maximum atomic E-state index is 12.9. The van der Waals surface area contributed by atoms with Gasteiger partial charge in [-0.15, -0.1) is 0 Å². The molecule has 0 aromatic heterocycles. The van der Waals surface area contributed by atoms with Crippen LogP contribution >= 0.6 is 0 Å². The molecule has 0 aromatic carbocycles. The van der Waals surface area contributed by atoms with Crippen molar-refractivity contribution in [2.45, 2.75) is 70.8 Å². The summed E-state index contributed by atoms with van der Waals surface area (Å²) in [5.41, 5.74) is -5.53. The summed E-state index contributed by atoms with van der Waals surface area (Å²) < 4.78 is 77.7. The van der Waals surface area contributed by atoms with Gasteiger partial charge in [0.15, 0.2) is 0 Å². The normalized spacial score (nSPS) is 28.8. The third-order valence-corrected chi connectivity index (χ3v) is 6.21. The Kier molecular flexibility index (Phi) is 5.65. The van der Waals surface area contributed by atoms with Gasteiger partial charge in [-0.25, -0.2) is 0 Å². The minimum absolute atomic E-state index is 0.0807. The summed E-state index contributed by atoms with van der Waals surface area (Å²) in [6.07, 6.45) is -6.52. The van der Waals surface area contributed by atoms with Gasteiger partial charge < -0.3 is 5.11 Å². The van der Waals surface area contributed by atoms with E-state index in [4.69, 9.17) is 0 Å². The molecule has 0 saturated heterocycles. The Bertz CT molecular complexity index is 644. The number of carbonyl (C=O) groups is 1. The van der Waals surface area contributed by atoms with Gasteiger partial charge >= 0.3 is 12.4 Å². The highest BCUT2D eigenvalue weighted by Gasteiger charge is 2.71. The number of Topliss-reactive ketones (excluding diaryl/α,β-unsaturated/α-hetero) is 1. The van der Waals surface area contributed by atoms with E-state index in [1.54, 1.807) is 6.92 Å². The lowest BCUT2D eigenvalue weighted by Crippen LogP contribution is -2.57. The van der Waals surface area contributed by atoms with Crippen LogP contribution in [0.1, 0.15) is 52.9 Å². The smallest absolute Gasteiger partial charge is 0.370 e. The first-order chi connectivity index (χ1) is 12.2. The van der Waals surface area contributed by atoms with Gasteiger partial charge in [-0.2, -0.15) is 26.3 Å². The van der Waals surface area contributed by atoms with Gasteiger partial charge in [0.25, 0.3) is 5.60 Å². The van der Waals surface area contributed by atoms with Gasteiger partial charge in [0.2, 0.25) is 0 Å². The monoisotopic (exact) mass is 398 g/mol. The number of alkyl halides is 6. The van der Waals surface area contributed by atoms with E-state index in [1.165, 1.54) is 0 Å². The van der Waals surface area contributed by atoms with Crippen molar-refractivity contribution in [3.63, 3.8) is 0 Å². The molecule has 27 heavy (non-hydrogen) atoms. The summed E-state index contributed by atoms with van der Waals surface area (Å²) in [6, 6.07) is 0. The van der Waals surface area contributed by atoms with Crippen molar-refractivity contribution in [1.29, 1.82) is 0 Å². The fourth-order valence-corrected chi connectivity index (χ4v) is 4.55. The summed E-state index contributed by atoms with van der Waals surface area (Å²) in [5.74, 6) is -0.319. The molecule has 1 unspecified atom stereocenters. The number of hydrogen-bond acceptors (Lipinski definition) is 2. The van der Waals surface area contributed by atoms with E-state index in [0.29, 0.717) is 19.8 Å². The highest BCUT2D eigenvalue weighted by molar-refractivity contribution is 5.84. The fraction of sp³-hybridized carbons (Fsp3) is 0.737. The topological polar surface area (TPSA) is 37.3 Å². The molecule has 154 valence electrons. The number of aliphatic hydroxyl groups is 1. The molecule has 0 radical (unpaired) electrons. The zero-order valence-corrected chi connectivity index (χ0v) is 15.5. The van der Waals surface area contributed by atoms with Crippen LogP contribution in [0.5, 0.6) is 0 Å². The number of halogens is 6. The number of carbonyl (C=O) groups excluding carboxylic acids is 1. The number of ketones is 1. The van der Waals surface area contributed by atoms with Crippen LogP contribution in [-0.2, 0) is 4.79 Å². The second-order valence-corrected chi connectivity index (χ2v) is 7.91. The first kappa shape index (κ1) is 22.0. The largest absolute Gasteiger partial charge is 0.430 e. The third kappa shape index (κ3) is 3.57. The number of rotatable bonds is 4. The molecule has 0 aliphatic heterocycles. The van der Waals surface area contributed by atoms with Crippen molar-refractivity contribution in [3.8, 4) is 0 Å². The Morgan fingerprint density at radius 1 is 1.30 bits per heavy atom. The first-order valence-electron chi connectivity index (χ1n) is 8.92. The van der Waals surface area contributed by atoms with E-state index in [9.17, 15) is 36.2 Å². The highest BCUT2D eigenvalue weighted by Crippen LogP contribution is 2.54. The Morgan fingerprint density at radius 3 is 2.37 bits per heavy atom. The summed E-state index contributed by atoms with van der Waals surface area (Å²) >= 11 is 0. The molecular formula is C19H24F6O2. The van der Waals surface area contributed by atoms with Crippen LogP contribution < -0.4 is 0 Å². The molecule has 8 heteroatoms. The van der Waals surface area contributed by atoms with Gasteiger partial charge in [0.05, 0.1) is 0 Å². The minimum atomic E-state index is -5.87. The zero-order valence-electron chi connectivity index (χ0n) is 15.5. The molecule has 1 saturated carbocycles. The fourth-order valence-electron chi connectivity index (χ4n) is 4.55. The van der Waals surface area contributed by atoms with Gasteiger partial charge in [0, 0.05) is 12.3 Å². The van der Waals surface area contributed by atoms with Crippen molar-refractivity contribution in [2.75, 3.05) is 0 Å². The van der Waals surface area contributed by atoms with Crippen LogP contribution in [0.4, 0.5) is 26.3 Å². The van der Waals surface area contributed by atoms with Crippen LogP contribution in [-0.4, -0.2) is 28.8 Å². The summed E-state index contributed by atoms with van der Waals surface area (Å²) in [5, 5.41) is 9.43. The van der Waals surface area contributed by atoms with Crippen molar-refractivity contribution in [1.82, 2.24) is 0 Å². The Hall–Kier alpha value is -1.31. The number of hydrogen-bond donors (Lipinski definition) is 1. The lowest BCUT2D eigenvalue weighted by molar-refractivity contribution is -0.352. The van der Waals surface area contributed by atoms with Gasteiger partial charge in [-0.05, 0) is 49.5 Å². The van der Waals surface area contributed by atoms with Gasteiger partial charge in [-0.3, -0.25) is 4.79 Å². The molecule has 0 spiro atoms. The van der Waals surface area contributed by atoms with Gasteiger partial charge in [-0.1, -0.05) is 31.6 Å². The van der Waals surface area contributed by atoms with Crippen molar-refractivity contribution in [2.24, 2.45) is 17.3 Å². The molecule has 0 aromatic rings. The SMILES string of the molecule is C/C(=C/C[C@@H](C)C1=CCC2C(=O)CCC[C@]12C)C(O)(C(F)(F)F)C(F)(F)F. The minimum Gasteiger partial charge on any atom is -0.370 e. The summed E-state index contributed by atoms with van der Waals surface area (Å²) in [4.78, 5) is 12.1. The van der Waals surface area contributed by atoms with Crippen LogP contribution in [0.2, 0.25) is 0 Å². The quantitative estimate of drug-likeness (QED) is 0.500. The third-order valence-electron chi connectivity index (χ3n) is 6.21. The van der Waals surface area contributed by atoms with Crippen molar-refractivity contribution in [3.05, 3.63) is 23.3 Å². The zero-order chi connectivity index (χ0) is 20.8. The van der Waals surface area contributed by atoms with E-state index in [0.717, 1.165) is 24.5 Å². The molecule has 0 bridgehead atoms. The van der Waals surface area contributed by atoms with Crippen molar-refractivity contribution >= 4 is 5.78 Å². The van der Waals surface area contributed by atoms with E-state index in [2.05, 4.69) is 0 Å². The molecule has 1 N–H and O–H groups in total. The number of fused-ring (bicyclic) bond motifs is 1. The van der Waals surface area contributed by atoms with E-state index < -0.39 is 23.5 Å². The molecule has 0 heterocycles. The molecule has 2 aliphatic rings. The Labute approximate surface area is 154 Å². The van der Waals surface area contributed by atoms with Crippen LogP contribution in [0.25, 0.3) is 0 Å². The van der Waals surface area contributed by atoms with Crippen LogP contribution in [0.15, 0.2) is 23.3 Å². The van der Waals surface area contributed by atoms with E-state index in [-0.39, 0.29) is 29.5 Å². The second-order valence-electron chi connectivity index (χ2n) is 7.91. The van der Waals surface area contributed by atoms with Crippen LogP contribution in [0.3, 0.4) is 0 Å². The van der Waals surface area contributed by atoms with Crippen molar-refractivity contribution < 1.29 is 36.2 Å². The maximum absolute atomic E-state index is 12.9. The predicted molar refractivity (Wildman–Crippen MR) is 87.8 cm³/mol. The second kappa shape index (κ2) is 6.94. The molecule has 1 fully saturated rings.